The van der Waals surface area contributed by atoms with Crippen molar-refractivity contribution in [3.63, 3.8) is 0 Å². The van der Waals surface area contributed by atoms with E-state index >= 15 is 0 Å². The molecule has 0 saturated heterocycles. The molecule has 4 nitrogen and oxygen atoms in total. The molecule has 1 rings (SSSR count). The van der Waals surface area contributed by atoms with Crippen molar-refractivity contribution >= 4 is 12.1 Å². The molecule has 13 heavy (non-hydrogen) atoms. The second kappa shape index (κ2) is 4.45. The third-order valence-electron chi connectivity index (χ3n) is 1.71. The molecule has 1 heterocycles. The highest BCUT2D eigenvalue weighted by Gasteiger charge is 2.01. The van der Waals surface area contributed by atoms with E-state index in [-0.39, 0.29) is 12.3 Å². The van der Waals surface area contributed by atoms with Crippen LogP contribution in [0.15, 0.2) is 29.0 Å². The SMILES string of the molecule is CC1=CC=NCN1/C=C\CC(N)=O. The van der Waals surface area contributed by atoms with E-state index in [0.29, 0.717) is 6.67 Å². The Bertz CT molecular complexity index is 279. The summed E-state index contributed by atoms with van der Waals surface area (Å²) in [6.45, 7) is 2.59. The summed E-state index contributed by atoms with van der Waals surface area (Å²) in [7, 11) is 0. The van der Waals surface area contributed by atoms with Crippen LogP contribution in [0.2, 0.25) is 0 Å². The molecule has 0 aliphatic carbocycles. The van der Waals surface area contributed by atoms with Crippen molar-refractivity contribution < 1.29 is 4.79 Å². The fourth-order valence-electron chi connectivity index (χ4n) is 0.964. The highest BCUT2D eigenvalue weighted by Crippen LogP contribution is 2.06. The maximum Gasteiger partial charge on any atom is 0.221 e. The third-order valence-corrected chi connectivity index (χ3v) is 1.71. The summed E-state index contributed by atoms with van der Waals surface area (Å²) >= 11 is 0. The first kappa shape index (κ1) is 9.51. The van der Waals surface area contributed by atoms with Crippen LogP contribution in [0.3, 0.4) is 0 Å². The van der Waals surface area contributed by atoms with Gasteiger partial charge >= 0.3 is 0 Å². The Morgan fingerprint density at radius 1 is 1.85 bits per heavy atom. The van der Waals surface area contributed by atoms with E-state index in [4.69, 9.17) is 5.73 Å². The molecule has 0 bridgehead atoms. The minimum absolute atomic E-state index is 0.271. The van der Waals surface area contributed by atoms with Crippen LogP contribution < -0.4 is 5.73 Å². The highest BCUT2D eigenvalue weighted by atomic mass is 16.1. The van der Waals surface area contributed by atoms with E-state index in [9.17, 15) is 4.79 Å². The average Bonchev–Trinajstić information content (AvgIpc) is 2.08. The topological polar surface area (TPSA) is 58.7 Å². The summed E-state index contributed by atoms with van der Waals surface area (Å²) < 4.78 is 0. The molecule has 0 saturated carbocycles. The Balaban J connectivity index is 2.45. The minimum Gasteiger partial charge on any atom is -0.369 e. The Morgan fingerprint density at radius 2 is 2.62 bits per heavy atom. The predicted octanol–water partition coefficient (Wildman–Crippen LogP) is 0.623. The number of nitrogens with two attached hydrogens (primary N) is 1. The molecule has 4 heteroatoms. The maximum atomic E-state index is 10.4. The van der Waals surface area contributed by atoms with Gasteiger partial charge in [0.25, 0.3) is 0 Å². The summed E-state index contributed by atoms with van der Waals surface area (Å²) in [6.07, 6.45) is 7.52. The van der Waals surface area contributed by atoms with Gasteiger partial charge in [0.1, 0.15) is 6.67 Å². The molecule has 0 aromatic heterocycles. The van der Waals surface area contributed by atoms with E-state index in [1.807, 2.05) is 24.1 Å². The molecule has 1 aliphatic heterocycles. The lowest BCUT2D eigenvalue weighted by molar-refractivity contribution is -0.117. The molecular formula is C9H13N3O. The van der Waals surface area contributed by atoms with Gasteiger partial charge in [0.05, 0.1) is 0 Å². The number of carbonyl (C=O) groups is 1. The molecule has 1 amide bonds. The summed E-state index contributed by atoms with van der Waals surface area (Å²) in [5.41, 5.74) is 6.10. The number of allylic oxidation sites excluding steroid dienone is 2. The molecule has 0 spiro atoms. The van der Waals surface area contributed by atoms with Crippen LogP contribution in [-0.2, 0) is 4.79 Å². The second-order valence-corrected chi connectivity index (χ2v) is 2.81. The summed E-state index contributed by atoms with van der Waals surface area (Å²) in [4.78, 5) is 16.4. The fourth-order valence-corrected chi connectivity index (χ4v) is 0.964. The molecule has 0 atom stereocenters. The zero-order valence-electron chi connectivity index (χ0n) is 7.60. The third kappa shape index (κ3) is 3.11. The number of hydrogen-bond donors (Lipinski definition) is 1. The lowest BCUT2D eigenvalue weighted by Gasteiger charge is -2.20. The normalized spacial score (nSPS) is 16.4. The molecule has 2 N–H and O–H groups in total. The van der Waals surface area contributed by atoms with Gasteiger partial charge in [-0.05, 0) is 13.0 Å². The Hall–Kier alpha value is -1.58. The fraction of sp³-hybridized carbons (Fsp3) is 0.333. The van der Waals surface area contributed by atoms with Gasteiger partial charge in [-0.3, -0.25) is 9.79 Å². The van der Waals surface area contributed by atoms with E-state index in [1.165, 1.54) is 0 Å². The molecule has 0 fully saturated rings. The molecular weight excluding hydrogens is 166 g/mol. The first-order valence-corrected chi connectivity index (χ1v) is 4.08. The van der Waals surface area contributed by atoms with Gasteiger partial charge in [0.2, 0.25) is 5.91 Å². The lowest BCUT2D eigenvalue weighted by Crippen LogP contribution is -2.18. The molecule has 0 radical (unpaired) electrons. The highest BCUT2D eigenvalue weighted by molar-refractivity contribution is 5.75. The van der Waals surface area contributed by atoms with Crippen molar-refractivity contribution in [1.29, 1.82) is 0 Å². The Kier molecular flexibility index (Phi) is 3.25. The van der Waals surface area contributed by atoms with E-state index in [2.05, 4.69) is 4.99 Å². The number of rotatable bonds is 3. The summed E-state index contributed by atoms with van der Waals surface area (Å²) in [6, 6.07) is 0. The largest absolute Gasteiger partial charge is 0.369 e. The second-order valence-electron chi connectivity index (χ2n) is 2.81. The van der Waals surface area contributed by atoms with Crippen molar-refractivity contribution in [2.75, 3.05) is 6.67 Å². The van der Waals surface area contributed by atoms with Crippen molar-refractivity contribution in [3.05, 3.63) is 24.0 Å². The maximum absolute atomic E-state index is 10.4. The summed E-state index contributed by atoms with van der Waals surface area (Å²) in [5, 5.41) is 0. The van der Waals surface area contributed by atoms with Crippen molar-refractivity contribution in [2.24, 2.45) is 10.7 Å². The molecule has 0 aromatic carbocycles. The van der Waals surface area contributed by atoms with Crippen molar-refractivity contribution in [2.45, 2.75) is 13.3 Å². The standard InChI is InChI=1S/C9H13N3O/c1-8-4-5-11-7-12(8)6-2-3-9(10)13/h2,4-6H,3,7H2,1H3,(H2,10,13)/b6-2-. The van der Waals surface area contributed by atoms with Crippen molar-refractivity contribution in [1.82, 2.24) is 4.90 Å². The lowest BCUT2D eigenvalue weighted by atomic mass is 10.3. The zero-order chi connectivity index (χ0) is 9.68. The number of hydrogen-bond acceptors (Lipinski definition) is 3. The van der Waals surface area contributed by atoms with Gasteiger partial charge < -0.3 is 10.6 Å². The average molecular weight is 179 g/mol. The molecule has 0 aromatic rings. The van der Waals surface area contributed by atoms with E-state index in [1.54, 1.807) is 12.3 Å². The van der Waals surface area contributed by atoms with Crippen LogP contribution in [0.1, 0.15) is 13.3 Å². The molecule has 0 unspecified atom stereocenters. The number of primary amides is 1. The van der Waals surface area contributed by atoms with Gasteiger partial charge in [-0.25, -0.2) is 0 Å². The number of carbonyl (C=O) groups excluding carboxylic acids is 1. The Labute approximate surface area is 77.4 Å². The van der Waals surface area contributed by atoms with E-state index < -0.39 is 0 Å². The van der Waals surface area contributed by atoms with Crippen LogP contribution in [0.5, 0.6) is 0 Å². The quantitative estimate of drug-likeness (QED) is 0.690. The first-order chi connectivity index (χ1) is 6.20. The first-order valence-electron chi connectivity index (χ1n) is 4.08. The molecule has 70 valence electrons. The summed E-state index contributed by atoms with van der Waals surface area (Å²) in [5.74, 6) is -0.321. The van der Waals surface area contributed by atoms with Crippen LogP contribution in [0.25, 0.3) is 0 Å². The van der Waals surface area contributed by atoms with Gasteiger partial charge in [0, 0.05) is 24.5 Å². The number of amides is 1. The smallest absolute Gasteiger partial charge is 0.221 e. The Morgan fingerprint density at radius 3 is 3.23 bits per heavy atom. The van der Waals surface area contributed by atoms with E-state index in [0.717, 1.165) is 5.70 Å². The van der Waals surface area contributed by atoms with Gasteiger partial charge in [-0.15, -0.1) is 0 Å². The zero-order valence-corrected chi connectivity index (χ0v) is 7.60. The van der Waals surface area contributed by atoms with Crippen molar-refractivity contribution in [3.8, 4) is 0 Å². The molecule has 1 aliphatic rings. The minimum atomic E-state index is -0.321. The predicted molar refractivity (Wildman–Crippen MR) is 51.9 cm³/mol. The van der Waals surface area contributed by atoms with Gasteiger partial charge in [-0.1, -0.05) is 6.08 Å². The van der Waals surface area contributed by atoms with Crippen LogP contribution in [-0.4, -0.2) is 23.7 Å². The van der Waals surface area contributed by atoms with Crippen LogP contribution >= 0.6 is 0 Å². The monoisotopic (exact) mass is 179 g/mol. The van der Waals surface area contributed by atoms with Crippen LogP contribution in [0, 0.1) is 0 Å². The van der Waals surface area contributed by atoms with Crippen LogP contribution in [0.4, 0.5) is 0 Å². The van der Waals surface area contributed by atoms with Gasteiger partial charge in [-0.2, -0.15) is 0 Å². The van der Waals surface area contributed by atoms with Gasteiger partial charge in [0.15, 0.2) is 0 Å². The number of aliphatic imine (C=N–C) groups is 1. The number of nitrogens with zero attached hydrogens (tertiary/aromatic N) is 2.